The van der Waals surface area contributed by atoms with Gasteiger partial charge in [0.1, 0.15) is 0 Å². The van der Waals surface area contributed by atoms with Gasteiger partial charge in [-0.15, -0.1) is 0 Å². The molecule has 1 saturated heterocycles. The topological polar surface area (TPSA) is 52.5 Å². The monoisotopic (exact) mass is 171 g/mol. The van der Waals surface area contributed by atoms with E-state index in [-0.39, 0.29) is 12.0 Å². The summed E-state index contributed by atoms with van der Waals surface area (Å²) < 4.78 is 0. The molecular formula is C9H17NO2. The molecule has 0 unspecified atom stereocenters. The van der Waals surface area contributed by atoms with Crippen LogP contribution < -0.4 is 5.32 Å². The summed E-state index contributed by atoms with van der Waals surface area (Å²) in [6.45, 7) is 1.46. The second-order valence-corrected chi connectivity index (χ2v) is 4.28. The Morgan fingerprint density at radius 3 is 2.08 bits per heavy atom. The Morgan fingerprint density at radius 2 is 1.75 bits per heavy atom. The number of rotatable bonds is 2. The van der Waals surface area contributed by atoms with E-state index in [1.54, 1.807) is 0 Å². The summed E-state index contributed by atoms with van der Waals surface area (Å²) in [6, 6.07) is 0. The molecular weight excluding hydrogens is 154 g/mol. The maximum atomic E-state index is 10.1. The summed E-state index contributed by atoms with van der Waals surface area (Å²) in [7, 11) is 0. The highest BCUT2D eigenvalue weighted by atomic mass is 16.3. The van der Waals surface area contributed by atoms with Crippen LogP contribution in [0.3, 0.4) is 0 Å². The van der Waals surface area contributed by atoms with E-state index in [0.717, 1.165) is 25.7 Å². The van der Waals surface area contributed by atoms with Gasteiger partial charge in [0.15, 0.2) is 0 Å². The van der Waals surface area contributed by atoms with Crippen LogP contribution in [0.5, 0.6) is 0 Å². The number of hydrogen-bond acceptors (Lipinski definition) is 3. The van der Waals surface area contributed by atoms with Gasteiger partial charge in [-0.05, 0) is 12.8 Å². The van der Waals surface area contributed by atoms with E-state index in [4.69, 9.17) is 0 Å². The highest BCUT2D eigenvalue weighted by Gasteiger charge is 2.54. The molecule has 0 spiro atoms. The maximum Gasteiger partial charge on any atom is 0.0972 e. The molecule has 1 aliphatic carbocycles. The fraction of sp³-hybridized carbons (Fsp3) is 1.00. The lowest BCUT2D eigenvalue weighted by molar-refractivity contribution is -0.137. The van der Waals surface area contributed by atoms with Crippen LogP contribution in [-0.4, -0.2) is 35.5 Å². The zero-order valence-corrected chi connectivity index (χ0v) is 7.34. The predicted octanol–water partition coefficient (Wildman–Crippen LogP) is -0.127. The average molecular weight is 171 g/mol. The molecule has 1 heterocycles. The quantitative estimate of drug-likeness (QED) is 0.542. The van der Waals surface area contributed by atoms with Crippen molar-refractivity contribution < 1.29 is 10.2 Å². The van der Waals surface area contributed by atoms with Crippen LogP contribution in [0.2, 0.25) is 0 Å². The average Bonchev–Trinajstić information content (AvgIpc) is 2.49. The van der Waals surface area contributed by atoms with Crippen LogP contribution in [0.1, 0.15) is 25.7 Å². The minimum atomic E-state index is -0.613. The van der Waals surface area contributed by atoms with E-state index in [9.17, 15) is 10.2 Å². The van der Waals surface area contributed by atoms with Crippen molar-refractivity contribution in [3.8, 4) is 0 Å². The molecule has 12 heavy (non-hydrogen) atoms. The molecule has 0 aromatic carbocycles. The van der Waals surface area contributed by atoms with Gasteiger partial charge < -0.3 is 15.5 Å². The third kappa shape index (κ3) is 0.934. The molecule has 3 heteroatoms. The molecule has 0 aromatic heterocycles. The summed E-state index contributed by atoms with van der Waals surface area (Å²) in [5.74, 6) is 0. The Morgan fingerprint density at radius 1 is 1.17 bits per heavy atom. The third-order valence-electron chi connectivity index (χ3n) is 3.69. The zero-order valence-electron chi connectivity index (χ0n) is 7.34. The molecule has 0 atom stereocenters. The van der Waals surface area contributed by atoms with Gasteiger partial charge >= 0.3 is 0 Å². The van der Waals surface area contributed by atoms with E-state index in [0.29, 0.717) is 13.1 Å². The van der Waals surface area contributed by atoms with Crippen LogP contribution in [0.4, 0.5) is 0 Å². The van der Waals surface area contributed by atoms with Gasteiger partial charge in [-0.1, -0.05) is 12.8 Å². The Bertz CT molecular complexity index is 171. The minimum absolute atomic E-state index is 0.144. The molecule has 0 bridgehead atoms. The molecule has 0 amide bonds. The van der Waals surface area contributed by atoms with Crippen molar-refractivity contribution in [2.24, 2.45) is 5.41 Å². The number of aliphatic hydroxyl groups is 2. The Kier molecular flexibility index (Phi) is 1.90. The number of β-amino-alcohol motifs (C(OH)–C–C–N with tert-alkyl or cyclic N) is 1. The molecule has 70 valence electrons. The second-order valence-electron chi connectivity index (χ2n) is 4.28. The van der Waals surface area contributed by atoms with Crippen molar-refractivity contribution in [1.29, 1.82) is 0 Å². The van der Waals surface area contributed by atoms with Gasteiger partial charge in [-0.25, -0.2) is 0 Å². The van der Waals surface area contributed by atoms with E-state index in [1.807, 2.05) is 0 Å². The van der Waals surface area contributed by atoms with Gasteiger partial charge in [0.05, 0.1) is 12.2 Å². The molecule has 0 aromatic rings. The number of nitrogens with one attached hydrogen (secondary N) is 1. The first kappa shape index (κ1) is 8.48. The Balaban J connectivity index is 2.15. The summed E-state index contributed by atoms with van der Waals surface area (Å²) in [5, 5.41) is 22.5. The van der Waals surface area contributed by atoms with Crippen LogP contribution in [0.25, 0.3) is 0 Å². The SMILES string of the molecule is OCC1(C2(O)CNC2)CCCC1. The lowest BCUT2D eigenvalue weighted by atomic mass is 9.67. The molecule has 2 aliphatic rings. The van der Waals surface area contributed by atoms with E-state index >= 15 is 0 Å². The highest BCUT2D eigenvalue weighted by Crippen LogP contribution is 2.47. The van der Waals surface area contributed by atoms with Crippen molar-refractivity contribution in [2.75, 3.05) is 19.7 Å². The van der Waals surface area contributed by atoms with Crippen molar-refractivity contribution in [2.45, 2.75) is 31.3 Å². The largest absolute Gasteiger partial charge is 0.396 e. The number of aliphatic hydroxyl groups excluding tert-OH is 1. The Labute approximate surface area is 72.8 Å². The standard InChI is InChI=1S/C9H17NO2/c11-7-8(3-1-2-4-8)9(12)5-10-6-9/h10-12H,1-7H2. The first-order valence-corrected chi connectivity index (χ1v) is 4.76. The van der Waals surface area contributed by atoms with E-state index in [1.165, 1.54) is 0 Å². The van der Waals surface area contributed by atoms with Crippen molar-refractivity contribution in [3.05, 3.63) is 0 Å². The first-order chi connectivity index (χ1) is 5.72. The summed E-state index contributed by atoms with van der Waals surface area (Å²) in [5.41, 5.74) is -0.795. The second kappa shape index (κ2) is 2.69. The molecule has 0 radical (unpaired) electrons. The molecule has 3 nitrogen and oxygen atoms in total. The maximum absolute atomic E-state index is 10.1. The molecule has 3 N–H and O–H groups in total. The van der Waals surface area contributed by atoms with Gasteiger partial charge in [-0.2, -0.15) is 0 Å². The molecule has 1 saturated carbocycles. The van der Waals surface area contributed by atoms with Crippen LogP contribution in [0.15, 0.2) is 0 Å². The van der Waals surface area contributed by atoms with E-state index < -0.39 is 5.60 Å². The summed E-state index contributed by atoms with van der Waals surface area (Å²) in [6.07, 6.45) is 4.29. The van der Waals surface area contributed by atoms with Gasteiger partial charge in [0.25, 0.3) is 0 Å². The predicted molar refractivity (Wildman–Crippen MR) is 45.8 cm³/mol. The normalized spacial score (nSPS) is 31.5. The first-order valence-electron chi connectivity index (χ1n) is 4.76. The zero-order chi connectivity index (χ0) is 8.66. The molecule has 2 rings (SSSR count). The lowest BCUT2D eigenvalue weighted by Crippen LogP contribution is -2.68. The summed E-state index contributed by atoms with van der Waals surface area (Å²) in [4.78, 5) is 0. The van der Waals surface area contributed by atoms with Gasteiger partial charge in [0.2, 0.25) is 0 Å². The van der Waals surface area contributed by atoms with Gasteiger partial charge in [-0.3, -0.25) is 0 Å². The molecule has 2 fully saturated rings. The van der Waals surface area contributed by atoms with Crippen molar-refractivity contribution >= 4 is 0 Å². The van der Waals surface area contributed by atoms with E-state index in [2.05, 4.69) is 5.32 Å². The Hall–Kier alpha value is -0.120. The smallest absolute Gasteiger partial charge is 0.0972 e. The van der Waals surface area contributed by atoms with Crippen LogP contribution in [-0.2, 0) is 0 Å². The van der Waals surface area contributed by atoms with Crippen molar-refractivity contribution in [1.82, 2.24) is 5.32 Å². The fourth-order valence-corrected chi connectivity index (χ4v) is 2.56. The minimum Gasteiger partial charge on any atom is -0.396 e. The van der Waals surface area contributed by atoms with Crippen LogP contribution >= 0.6 is 0 Å². The van der Waals surface area contributed by atoms with Crippen molar-refractivity contribution in [3.63, 3.8) is 0 Å². The van der Waals surface area contributed by atoms with Crippen LogP contribution in [0, 0.1) is 5.41 Å². The van der Waals surface area contributed by atoms with Gasteiger partial charge in [0, 0.05) is 18.5 Å². The number of hydrogen-bond donors (Lipinski definition) is 3. The fourth-order valence-electron chi connectivity index (χ4n) is 2.56. The molecule has 1 aliphatic heterocycles. The lowest BCUT2D eigenvalue weighted by Gasteiger charge is -2.50. The summed E-state index contributed by atoms with van der Waals surface area (Å²) >= 11 is 0. The highest BCUT2D eigenvalue weighted by molar-refractivity contribution is 5.08. The third-order valence-corrected chi connectivity index (χ3v) is 3.69.